The Hall–Kier alpha value is -2.38. The van der Waals surface area contributed by atoms with Gasteiger partial charge in [-0.15, -0.1) is 0 Å². The molecule has 0 aliphatic carbocycles. The van der Waals surface area contributed by atoms with Gasteiger partial charge in [0.05, 0.1) is 0 Å². The van der Waals surface area contributed by atoms with E-state index in [1.807, 2.05) is 0 Å². The van der Waals surface area contributed by atoms with E-state index >= 15 is 0 Å². The molecule has 0 bridgehead atoms. The molecule has 0 heterocycles. The van der Waals surface area contributed by atoms with Crippen molar-refractivity contribution in [1.82, 2.24) is 5.32 Å². The summed E-state index contributed by atoms with van der Waals surface area (Å²) in [5.74, 6) is 1.24. The Kier molecular flexibility index (Phi) is 8.28. The summed E-state index contributed by atoms with van der Waals surface area (Å²) in [6.45, 7) is 10.1. The molecule has 0 saturated carbocycles. The van der Waals surface area contributed by atoms with Crippen molar-refractivity contribution >= 4 is 0 Å². The minimum atomic E-state index is 0.456. The van der Waals surface area contributed by atoms with Crippen LogP contribution in [0, 0.1) is 5.92 Å². The maximum Gasteiger partial charge on any atom is 0.0208 e. The molecule has 0 fully saturated rings. The molecule has 0 aromatic heterocycles. The zero-order valence-electron chi connectivity index (χ0n) is 19.1. The Bertz CT molecular complexity index is 863. The highest BCUT2D eigenvalue weighted by molar-refractivity contribution is 5.29. The van der Waals surface area contributed by atoms with Crippen molar-refractivity contribution in [3.63, 3.8) is 0 Å². The van der Waals surface area contributed by atoms with Crippen LogP contribution in [-0.2, 0) is 25.8 Å². The molecule has 0 aliphatic heterocycles. The molecule has 0 saturated heterocycles. The molecule has 158 valence electrons. The molecule has 3 aromatic rings. The first-order chi connectivity index (χ1) is 14.5. The van der Waals surface area contributed by atoms with Gasteiger partial charge in [-0.3, -0.25) is 0 Å². The smallest absolute Gasteiger partial charge is 0.0208 e. The van der Waals surface area contributed by atoms with Crippen LogP contribution >= 0.6 is 0 Å². The van der Waals surface area contributed by atoms with Gasteiger partial charge in [0.1, 0.15) is 0 Å². The van der Waals surface area contributed by atoms with Gasteiger partial charge in [-0.1, -0.05) is 99.6 Å². The van der Waals surface area contributed by atoms with Crippen molar-refractivity contribution in [3.8, 4) is 0 Å². The van der Waals surface area contributed by atoms with E-state index in [-0.39, 0.29) is 0 Å². The van der Waals surface area contributed by atoms with E-state index in [0.29, 0.717) is 17.9 Å². The van der Waals surface area contributed by atoms with Crippen molar-refractivity contribution in [2.45, 2.75) is 65.5 Å². The van der Waals surface area contributed by atoms with Crippen LogP contribution in [0.5, 0.6) is 0 Å². The van der Waals surface area contributed by atoms with Gasteiger partial charge < -0.3 is 5.32 Å². The first kappa shape index (κ1) is 22.3. The van der Waals surface area contributed by atoms with Crippen LogP contribution in [0.1, 0.15) is 61.4 Å². The first-order valence-electron chi connectivity index (χ1n) is 11.4. The SMILES string of the molecule is CC(C)Cc1ccc(CC(C)c2ccc(CC(C)NCc3ccccc3)cc2)cc1. The normalized spacial score (nSPS) is 13.4. The van der Waals surface area contributed by atoms with E-state index in [0.717, 1.165) is 25.8 Å². The van der Waals surface area contributed by atoms with Gasteiger partial charge in [0.25, 0.3) is 0 Å². The number of hydrogen-bond acceptors (Lipinski definition) is 1. The van der Waals surface area contributed by atoms with Crippen LogP contribution in [0.3, 0.4) is 0 Å². The zero-order valence-corrected chi connectivity index (χ0v) is 19.1. The minimum Gasteiger partial charge on any atom is -0.310 e. The summed E-state index contributed by atoms with van der Waals surface area (Å²) in [6, 6.07) is 29.5. The van der Waals surface area contributed by atoms with Crippen molar-refractivity contribution in [2.75, 3.05) is 0 Å². The Balaban J connectivity index is 1.49. The standard InChI is InChI=1S/C29H37N/c1-22(2)18-25-10-12-26(13-11-25)19-23(3)29-16-14-27(15-17-29)20-24(4)30-21-28-8-6-5-7-9-28/h5-17,22-24,30H,18-21H2,1-4H3. The average Bonchev–Trinajstić information content (AvgIpc) is 2.74. The number of rotatable bonds is 10. The lowest BCUT2D eigenvalue weighted by atomic mass is 9.91. The largest absolute Gasteiger partial charge is 0.310 e. The summed E-state index contributed by atoms with van der Waals surface area (Å²) < 4.78 is 0. The summed E-state index contributed by atoms with van der Waals surface area (Å²) in [5, 5.41) is 3.63. The number of benzene rings is 3. The Morgan fingerprint density at radius 1 is 0.567 bits per heavy atom. The molecule has 30 heavy (non-hydrogen) atoms. The highest BCUT2D eigenvalue weighted by atomic mass is 14.9. The fraction of sp³-hybridized carbons (Fsp3) is 0.379. The zero-order chi connectivity index (χ0) is 21.3. The topological polar surface area (TPSA) is 12.0 Å². The highest BCUT2D eigenvalue weighted by Crippen LogP contribution is 2.22. The van der Waals surface area contributed by atoms with Crippen LogP contribution in [0.2, 0.25) is 0 Å². The molecule has 1 nitrogen and oxygen atoms in total. The maximum absolute atomic E-state index is 3.63. The van der Waals surface area contributed by atoms with Gasteiger partial charge in [0, 0.05) is 12.6 Å². The average molecular weight is 400 g/mol. The molecule has 3 aromatic carbocycles. The molecule has 0 amide bonds. The van der Waals surface area contributed by atoms with E-state index in [2.05, 4.69) is 112 Å². The third kappa shape index (κ3) is 7.15. The van der Waals surface area contributed by atoms with Crippen molar-refractivity contribution in [3.05, 3.63) is 107 Å². The fourth-order valence-electron chi connectivity index (χ4n) is 4.05. The van der Waals surface area contributed by atoms with Gasteiger partial charge in [-0.2, -0.15) is 0 Å². The van der Waals surface area contributed by atoms with Gasteiger partial charge in [-0.25, -0.2) is 0 Å². The van der Waals surface area contributed by atoms with E-state index in [9.17, 15) is 0 Å². The lowest BCUT2D eigenvalue weighted by Gasteiger charge is -2.16. The van der Waals surface area contributed by atoms with E-state index in [1.165, 1.54) is 27.8 Å². The fourth-order valence-corrected chi connectivity index (χ4v) is 4.05. The quantitative estimate of drug-likeness (QED) is 0.389. The van der Waals surface area contributed by atoms with Gasteiger partial charge in [0.15, 0.2) is 0 Å². The van der Waals surface area contributed by atoms with Crippen LogP contribution in [0.4, 0.5) is 0 Å². The van der Waals surface area contributed by atoms with Crippen LogP contribution in [0.15, 0.2) is 78.9 Å². The second-order valence-electron chi connectivity index (χ2n) is 9.23. The summed E-state index contributed by atoms with van der Waals surface area (Å²) in [6.07, 6.45) is 3.31. The molecular weight excluding hydrogens is 362 g/mol. The molecule has 2 unspecified atom stereocenters. The van der Waals surface area contributed by atoms with Crippen molar-refractivity contribution < 1.29 is 0 Å². The predicted molar refractivity (Wildman–Crippen MR) is 130 cm³/mol. The monoisotopic (exact) mass is 399 g/mol. The Morgan fingerprint density at radius 2 is 1.10 bits per heavy atom. The second kappa shape index (κ2) is 11.1. The van der Waals surface area contributed by atoms with E-state index in [1.54, 1.807) is 0 Å². The van der Waals surface area contributed by atoms with Gasteiger partial charge in [-0.05, 0) is 65.8 Å². The van der Waals surface area contributed by atoms with E-state index in [4.69, 9.17) is 0 Å². The molecule has 1 N–H and O–H groups in total. The summed E-state index contributed by atoms with van der Waals surface area (Å²) in [7, 11) is 0. The predicted octanol–water partition coefficient (Wildman–Crippen LogP) is 6.95. The van der Waals surface area contributed by atoms with E-state index < -0.39 is 0 Å². The minimum absolute atomic E-state index is 0.456. The third-order valence-corrected chi connectivity index (χ3v) is 5.80. The molecule has 0 aliphatic rings. The highest BCUT2D eigenvalue weighted by Gasteiger charge is 2.09. The van der Waals surface area contributed by atoms with Gasteiger partial charge in [0.2, 0.25) is 0 Å². The number of hydrogen-bond donors (Lipinski definition) is 1. The summed E-state index contributed by atoms with van der Waals surface area (Å²) >= 11 is 0. The van der Waals surface area contributed by atoms with Crippen LogP contribution in [0.25, 0.3) is 0 Å². The number of nitrogens with one attached hydrogen (secondary N) is 1. The van der Waals surface area contributed by atoms with Crippen molar-refractivity contribution in [1.29, 1.82) is 0 Å². The third-order valence-electron chi connectivity index (χ3n) is 5.80. The summed E-state index contributed by atoms with van der Waals surface area (Å²) in [4.78, 5) is 0. The Labute approximate surface area is 183 Å². The molecule has 0 spiro atoms. The molecule has 3 rings (SSSR count). The molecule has 1 heteroatoms. The lowest BCUT2D eigenvalue weighted by Crippen LogP contribution is -2.27. The molecular formula is C29H37N. The summed E-state index contributed by atoms with van der Waals surface area (Å²) in [5.41, 5.74) is 7.04. The van der Waals surface area contributed by atoms with Crippen molar-refractivity contribution in [2.24, 2.45) is 5.92 Å². The van der Waals surface area contributed by atoms with Crippen LogP contribution in [-0.4, -0.2) is 6.04 Å². The molecule has 0 radical (unpaired) electrons. The molecule has 2 atom stereocenters. The second-order valence-corrected chi connectivity index (χ2v) is 9.23. The maximum atomic E-state index is 3.63. The first-order valence-corrected chi connectivity index (χ1v) is 11.4. The lowest BCUT2D eigenvalue weighted by molar-refractivity contribution is 0.545. The van der Waals surface area contributed by atoms with Gasteiger partial charge >= 0.3 is 0 Å². The van der Waals surface area contributed by atoms with Crippen LogP contribution < -0.4 is 5.32 Å². The Morgan fingerprint density at radius 3 is 1.70 bits per heavy atom.